The first-order chi connectivity index (χ1) is 6.96. The summed E-state index contributed by atoms with van der Waals surface area (Å²) in [4.78, 5) is 13.8. The molecule has 0 unspecified atom stereocenters. The Balaban J connectivity index is 1.96. The van der Waals surface area contributed by atoms with E-state index in [1.54, 1.807) is 0 Å². The first kappa shape index (κ1) is 10.7. The lowest BCUT2D eigenvalue weighted by atomic mass is 10.0. The molecule has 2 atom stereocenters. The van der Waals surface area contributed by atoms with Crippen LogP contribution in [0.4, 0.5) is 4.79 Å². The summed E-state index contributed by atoms with van der Waals surface area (Å²) in [6.45, 7) is 8.53. The van der Waals surface area contributed by atoms with Crippen molar-refractivity contribution in [2.45, 2.75) is 38.8 Å². The Hall–Kier alpha value is -0.770. The van der Waals surface area contributed by atoms with Gasteiger partial charge in [0.1, 0.15) is 5.60 Å². The van der Waals surface area contributed by atoms with Gasteiger partial charge in [0.2, 0.25) is 0 Å². The minimum atomic E-state index is -0.388. The number of likely N-dealkylation sites (tertiary alicyclic amines) is 1. The number of hydrogen-bond acceptors (Lipinski definition) is 3. The average molecular weight is 212 g/mol. The number of carbonyl (C=O) groups excluding carboxylic acids is 1. The average Bonchev–Trinajstić information content (AvgIpc) is 2.38. The maximum Gasteiger partial charge on any atom is 0.410 e. The van der Waals surface area contributed by atoms with Gasteiger partial charge in [-0.3, -0.25) is 0 Å². The lowest BCUT2D eigenvalue weighted by molar-refractivity contribution is 0.0231. The molecular weight excluding hydrogens is 192 g/mol. The smallest absolute Gasteiger partial charge is 0.410 e. The molecule has 2 rings (SSSR count). The van der Waals surface area contributed by atoms with Crippen molar-refractivity contribution in [3.63, 3.8) is 0 Å². The van der Waals surface area contributed by atoms with Crippen LogP contribution in [0, 0.1) is 5.92 Å². The Kier molecular flexibility index (Phi) is 2.63. The van der Waals surface area contributed by atoms with Crippen LogP contribution in [0.3, 0.4) is 0 Å². The number of rotatable bonds is 0. The van der Waals surface area contributed by atoms with Crippen LogP contribution in [0.2, 0.25) is 0 Å². The van der Waals surface area contributed by atoms with Crippen LogP contribution in [-0.2, 0) is 4.74 Å². The quantitative estimate of drug-likeness (QED) is 0.656. The Morgan fingerprint density at radius 1 is 1.40 bits per heavy atom. The first-order valence-electron chi connectivity index (χ1n) is 5.66. The van der Waals surface area contributed by atoms with Crippen LogP contribution in [-0.4, -0.2) is 42.3 Å². The van der Waals surface area contributed by atoms with E-state index in [2.05, 4.69) is 5.32 Å². The largest absolute Gasteiger partial charge is 0.444 e. The van der Waals surface area contributed by atoms with Crippen molar-refractivity contribution in [3.05, 3.63) is 0 Å². The van der Waals surface area contributed by atoms with Crippen molar-refractivity contribution in [1.29, 1.82) is 0 Å². The maximum atomic E-state index is 11.9. The minimum absolute atomic E-state index is 0.154. The van der Waals surface area contributed by atoms with Gasteiger partial charge in [0, 0.05) is 19.1 Å². The molecule has 2 bridgehead atoms. The topological polar surface area (TPSA) is 41.6 Å². The highest BCUT2D eigenvalue weighted by Gasteiger charge is 2.39. The molecule has 0 radical (unpaired) electrons. The lowest BCUT2D eigenvalue weighted by Crippen LogP contribution is -2.43. The molecule has 0 aliphatic carbocycles. The highest BCUT2D eigenvalue weighted by molar-refractivity contribution is 5.69. The number of hydrogen-bond donors (Lipinski definition) is 1. The number of piperidine rings is 1. The number of nitrogens with zero attached hydrogens (tertiary/aromatic N) is 1. The van der Waals surface area contributed by atoms with Gasteiger partial charge >= 0.3 is 6.09 Å². The fourth-order valence-corrected chi connectivity index (χ4v) is 2.35. The maximum absolute atomic E-state index is 11.9. The summed E-state index contributed by atoms with van der Waals surface area (Å²) in [7, 11) is 0. The molecule has 4 heteroatoms. The van der Waals surface area contributed by atoms with Crippen LogP contribution >= 0.6 is 0 Å². The van der Waals surface area contributed by atoms with E-state index in [0.29, 0.717) is 12.0 Å². The van der Waals surface area contributed by atoms with Crippen LogP contribution in [0.15, 0.2) is 0 Å². The summed E-state index contributed by atoms with van der Waals surface area (Å²) < 4.78 is 5.39. The van der Waals surface area contributed by atoms with Gasteiger partial charge in [0.05, 0.1) is 0 Å². The summed E-state index contributed by atoms with van der Waals surface area (Å²) in [6, 6.07) is 0.346. The number of carbonyl (C=O) groups is 1. The SMILES string of the molecule is CC(C)(C)OC(=O)N1C[C@H]2CNC[C@H]1C2. The van der Waals surface area contributed by atoms with Gasteiger partial charge in [0.25, 0.3) is 0 Å². The lowest BCUT2D eigenvalue weighted by Gasteiger charge is -2.28. The van der Waals surface area contributed by atoms with E-state index in [1.807, 2.05) is 25.7 Å². The number of ether oxygens (including phenoxy) is 1. The Labute approximate surface area is 91.0 Å². The first-order valence-corrected chi connectivity index (χ1v) is 5.66. The van der Waals surface area contributed by atoms with E-state index in [9.17, 15) is 4.79 Å². The van der Waals surface area contributed by atoms with E-state index >= 15 is 0 Å². The van der Waals surface area contributed by atoms with E-state index in [1.165, 1.54) is 0 Å². The monoisotopic (exact) mass is 212 g/mol. The Morgan fingerprint density at radius 2 is 2.13 bits per heavy atom. The van der Waals surface area contributed by atoms with Crippen molar-refractivity contribution in [3.8, 4) is 0 Å². The fourth-order valence-electron chi connectivity index (χ4n) is 2.35. The van der Waals surface area contributed by atoms with Crippen molar-refractivity contribution in [2.24, 2.45) is 5.92 Å². The molecule has 15 heavy (non-hydrogen) atoms. The zero-order valence-electron chi connectivity index (χ0n) is 9.75. The molecule has 1 amide bonds. The van der Waals surface area contributed by atoms with Gasteiger partial charge in [0.15, 0.2) is 0 Å². The number of nitrogens with one attached hydrogen (secondary N) is 1. The summed E-state index contributed by atoms with van der Waals surface area (Å²) in [6.07, 6.45) is 0.977. The molecule has 86 valence electrons. The Morgan fingerprint density at radius 3 is 2.73 bits per heavy atom. The molecular formula is C11H20N2O2. The molecule has 0 aromatic carbocycles. The highest BCUT2D eigenvalue weighted by Crippen LogP contribution is 2.27. The molecule has 0 aromatic rings. The van der Waals surface area contributed by atoms with Crippen molar-refractivity contribution in [2.75, 3.05) is 19.6 Å². The second-order valence-electron chi connectivity index (χ2n) is 5.55. The van der Waals surface area contributed by atoms with Crippen molar-refractivity contribution < 1.29 is 9.53 Å². The van der Waals surface area contributed by atoms with Gasteiger partial charge in [-0.25, -0.2) is 4.79 Å². The molecule has 1 N–H and O–H groups in total. The third-order valence-electron chi connectivity index (χ3n) is 2.94. The summed E-state index contributed by atoms with van der Waals surface area (Å²) in [5, 5.41) is 3.35. The zero-order valence-corrected chi connectivity index (χ0v) is 9.75. The minimum Gasteiger partial charge on any atom is -0.444 e. The summed E-state index contributed by atoms with van der Waals surface area (Å²) in [5.41, 5.74) is -0.388. The number of amides is 1. The zero-order chi connectivity index (χ0) is 11.1. The highest BCUT2D eigenvalue weighted by atomic mass is 16.6. The molecule has 2 saturated heterocycles. The second kappa shape index (κ2) is 3.67. The van der Waals surface area contributed by atoms with Crippen molar-refractivity contribution in [1.82, 2.24) is 10.2 Å². The Bertz CT molecular complexity index is 260. The molecule has 0 aromatic heterocycles. The van der Waals surface area contributed by atoms with E-state index in [-0.39, 0.29) is 11.7 Å². The third kappa shape index (κ3) is 2.43. The van der Waals surface area contributed by atoms with Crippen LogP contribution < -0.4 is 5.32 Å². The van der Waals surface area contributed by atoms with E-state index in [0.717, 1.165) is 26.1 Å². The standard InChI is InChI=1S/C11H20N2O2/c1-11(2,3)15-10(14)13-7-8-4-9(13)6-12-5-8/h8-9,12H,4-7H2,1-3H3/t8-,9-/m1/s1. The van der Waals surface area contributed by atoms with Crippen LogP contribution in [0.1, 0.15) is 27.2 Å². The van der Waals surface area contributed by atoms with Gasteiger partial charge in [-0.2, -0.15) is 0 Å². The van der Waals surface area contributed by atoms with E-state index < -0.39 is 0 Å². The molecule has 0 spiro atoms. The van der Waals surface area contributed by atoms with Gasteiger partial charge in [-0.05, 0) is 39.7 Å². The predicted molar refractivity (Wildman–Crippen MR) is 57.7 cm³/mol. The summed E-state index contributed by atoms with van der Waals surface area (Å²) >= 11 is 0. The fraction of sp³-hybridized carbons (Fsp3) is 0.909. The van der Waals surface area contributed by atoms with Gasteiger partial charge in [-0.1, -0.05) is 0 Å². The number of fused-ring (bicyclic) bond motifs is 2. The van der Waals surface area contributed by atoms with Crippen molar-refractivity contribution >= 4 is 6.09 Å². The second-order valence-corrected chi connectivity index (χ2v) is 5.55. The molecule has 2 fully saturated rings. The van der Waals surface area contributed by atoms with E-state index in [4.69, 9.17) is 4.74 Å². The summed E-state index contributed by atoms with van der Waals surface area (Å²) in [5.74, 6) is 0.622. The predicted octanol–water partition coefficient (Wildman–Crippen LogP) is 1.22. The third-order valence-corrected chi connectivity index (χ3v) is 2.94. The molecule has 4 nitrogen and oxygen atoms in total. The molecule has 2 heterocycles. The van der Waals surface area contributed by atoms with Crippen LogP contribution in [0.25, 0.3) is 0 Å². The molecule has 2 aliphatic heterocycles. The van der Waals surface area contributed by atoms with Gasteiger partial charge < -0.3 is 15.0 Å². The molecule has 2 aliphatic rings. The molecule has 0 saturated carbocycles. The van der Waals surface area contributed by atoms with Crippen LogP contribution in [0.5, 0.6) is 0 Å². The van der Waals surface area contributed by atoms with Gasteiger partial charge in [-0.15, -0.1) is 0 Å². The normalized spacial score (nSPS) is 30.5.